The topological polar surface area (TPSA) is 94.4 Å². The number of aromatic nitrogens is 1. The van der Waals surface area contributed by atoms with E-state index in [0.717, 1.165) is 26.6 Å². The number of rotatable bonds is 7. The molecule has 1 aromatic heterocycles. The number of hydrogen-bond donors (Lipinski definition) is 1. The molecule has 166 valence electrons. The van der Waals surface area contributed by atoms with Crippen LogP contribution in [-0.2, 0) is 11.2 Å². The maximum atomic E-state index is 12.9. The molecule has 8 heteroatoms. The van der Waals surface area contributed by atoms with E-state index in [0.29, 0.717) is 11.4 Å². The molecule has 0 atom stereocenters. The van der Waals surface area contributed by atoms with Crippen molar-refractivity contribution in [2.45, 2.75) is 13.3 Å². The highest BCUT2D eigenvalue weighted by Crippen LogP contribution is 2.36. The first kappa shape index (κ1) is 22.2. The van der Waals surface area contributed by atoms with E-state index in [1.54, 1.807) is 0 Å². The molecule has 0 bridgehead atoms. The van der Waals surface area contributed by atoms with Crippen molar-refractivity contribution in [3.63, 3.8) is 0 Å². The number of hydrogen-bond acceptors (Lipinski definition) is 6. The van der Waals surface area contributed by atoms with Gasteiger partial charge in [-0.15, -0.1) is 11.3 Å². The molecule has 0 fully saturated rings. The van der Waals surface area contributed by atoms with E-state index in [4.69, 9.17) is 9.72 Å². The lowest BCUT2D eigenvalue weighted by Gasteiger charge is -2.10. The number of anilines is 1. The average Bonchev–Trinajstić information content (AvgIpc) is 3.23. The molecule has 0 aliphatic carbocycles. The Labute approximate surface area is 194 Å². The largest absolute Gasteiger partial charge is 0.495 e. The maximum Gasteiger partial charge on any atom is 0.271 e. The summed E-state index contributed by atoms with van der Waals surface area (Å²) in [5, 5.41) is 14.7. The van der Waals surface area contributed by atoms with Crippen LogP contribution in [0, 0.1) is 17.0 Å². The molecule has 0 aliphatic rings. The van der Waals surface area contributed by atoms with Crippen LogP contribution in [0.1, 0.15) is 11.3 Å². The molecule has 4 rings (SSSR count). The van der Waals surface area contributed by atoms with E-state index in [-0.39, 0.29) is 23.7 Å². The highest BCUT2D eigenvalue weighted by molar-refractivity contribution is 7.18. The molecule has 0 saturated heterocycles. The summed E-state index contributed by atoms with van der Waals surface area (Å²) in [5.41, 5.74) is 3.85. The van der Waals surface area contributed by atoms with Crippen LogP contribution in [0.3, 0.4) is 0 Å². The summed E-state index contributed by atoms with van der Waals surface area (Å²) in [6, 6.07) is 22.0. The van der Waals surface area contributed by atoms with Crippen molar-refractivity contribution in [3.8, 4) is 26.8 Å². The van der Waals surface area contributed by atoms with Crippen molar-refractivity contribution in [2.24, 2.45) is 0 Å². The minimum absolute atomic E-state index is 0.0123. The Morgan fingerprint density at radius 2 is 1.79 bits per heavy atom. The predicted molar refractivity (Wildman–Crippen MR) is 130 cm³/mol. The quantitative estimate of drug-likeness (QED) is 0.275. The number of nitrogens with one attached hydrogen (secondary N) is 1. The number of nitrogens with zero attached hydrogens (tertiary/aromatic N) is 2. The van der Waals surface area contributed by atoms with Gasteiger partial charge in [0.25, 0.3) is 5.69 Å². The van der Waals surface area contributed by atoms with Crippen molar-refractivity contribution in [2.75, 3.05) is 12.4 Å². The Bertz CT molecular complexity index is 1300. The molecule has 7 nitrogen and oxygen atoms in total. The number of nitro benzene ring substituents is 1. The summed E-state index contributed by atoms with van der Waals surface area (Å²) in [7, 11) is 1.44. The summed E-state index contributed by atoms with van der Waals surface area (Å²) in [6.45, 7) is 2.02. The summed E-state index contributed by atoms with van der Waals surface area (Å²) < 4.78 is 5.25. The van der Waals surface area contributed by atoms with Gasteiger partial charge in [0.05, 0.1) is 34.7 Å². The Morgan fingerprint density at radius 1 is 1.06 bits per heavy atom. The Hall–Kier alpha value is -4.04. The number of nitro groups is 1. The fraction of sp³-hybridized carbons (Fsp3) is 0.120. The number of ether oxygens (including phenoxy) is 1. The van der Waals surface area contributed by atoms with E-state index in [9.17, 15) is 14.9 Å². The molecule has 1 amide bonds. The second-order valence-corrected chi connectivity index (χ2v) is 8.39. The highest BCUT2D eigenvalue weighted by atomic mass is 32.1. The van der Waals surface area contributed by atoms with Crippen molar-refractivity contribution in [1.82, 2.24) is 4.98 Å². The van der Waals surface area contributed by atoms with Gasteiger partial charge in [0.15, 0.2) is 0 Å². The first-order valence-corrected chi connectivity index (χ1v) is 11.0. The van der Waals surface area contributed by atoms with Gasteiger partial charge in [-0.25, -0.2) is 4.98 Å². The second kappa shape index (κ2) is 9.62. The van der Waals surface area contributed by atoms with Crippen LogP contribution < -0.4 is 10.1 Å². The third-order valence-corrected chi connectivity index (χ3v) is 6.22. The molecular weight excluding hydrogens is 438 g/mol. The lowest BCUT2D eigenvalue weighted by atomic mass is 10.1. The average molecular weight is 460 g/mol. The van der Waals surface area contributed by atoms with Gasteiger partial charge in [0.2, 0.25) is 5.91 Å². The van der Waals surface area contributed by atoms with E-state index >= 15 is 0 Å². The number of thiazole rings is 1. The third-order valence-electron chi connectivity index (χ3n) is 5.03. The van der Waals surface area contributed by atoms with E-state index < -0.39 is 4.92 Å². The number of carbonyl (C=O) groups excluding carboxylic acids is 1. The Balaban J connectivity index is 1.66. The Kier molecular flexibility index (Phi) is 6.46. The van der Waals surface area contributed by atoms with Crippen molar-refractivity contribution < 1.29 is 14.5 Å². The summed E-state index contributed by atoms with van der Waals surface area (Å²) in [5.74, 6) is 0.00281. The lowest BCUT2D eigenvalue weighted by molar-refractivity contribution is -0.384. The van der Waals surface area contributed by atoms with Gasteiger partial charge < -0.3 is 10.1 Å². The summed E-state index contributed by atoms with van der Waals surface area (Å²) in [4.78, 5) is 29.2. The van der Waals surface area contributed by atoms with Gasteiger partial charge in [-0.2, -0.15) is 0 Å². The van der Waals surface area contributed by atoms with Gasteiger partial charge in [0, 0.05) is 17.7 Å². The van der Waals surface area contributed by atoms with Crippen LogP contribution in [0.25, 0.3) is 21.0 Å². The normalized spacial score (nSPS) is 10.6. The summed E-state index contributed by atoms with van der Waals surface area (Å²) in [6.07, 6.45) is 0.0123. The van der Waals surface area contributed by atoms with Gasteiger partial charge >= 0.3 is 0 Å². The minimum atomic E-state index is -0.517. The van der Waals surface area contributed by atoms with Crippen LogP contribution in [0.5, 0.6) is 5.75 Å². The van der Waals surface area contributed by atoms with Crippen LogP contribution >= 0.6 is 11.3 Å². The molecule has 0 radical (unpaired) electrons. The fourth-order valence-corrected chi connectivity index (χ4v) is 4.45. The number of methoxy groups -OCH3 is 1. The molecule has 4 aromatic rings. The molecule has 3 aromatic carbocycles. The van der Waals surface area contributed by atoms with Crippen molar-refractivity contribution in [1.29, 1.82) is 0 Å². The molecule has 0 spiro atoms. The zero-order chi connectivity index (χ0) is 23.4. The second-order valence-electron chi connectivity index (χ2n) is 7.39. The van der Waals surface area contributed by atoms with Crippen molar-refractivity contribution >= 4 is 28.6 Å². The number of benzene rings is 3. The van der Waals surface area contributed by atoms with Crippen molar-refractivity contribution in [3.05, 3.63) is 94.2 Å². The zero-order valence-electron chi connectivity index (χ0n) is 18.1. The standard InChI is InChI=1S/C25H21N3O4S/c1-16-8-10-17(11-9-16)24-21(27-25(33-24)18-6-4-3-5-7-18)15-23(29)26-20-14-19(28(30)31)12-13-22(20)32-2/h3-14H,15H2,1-2H3,(H,26,29). The SMILES string of the molecule is COc1ccc([N+](=O)[O-])cc1NC(=O)Cc1nc(-c2ccccc2)sc1-c1ccc(C)cc1. The Morgan fingerprint density at radius 3 is 2.45 bits per heavy atom. The molecule has 0 unspecified atom stereocenters. The molecule has 1 heterocycles. The molecule has 0 aliphatic heterocycles. The fourth-order valence-electron chi connectivity index (χ4n) is 3.36. The van der Waals surface area contributed by atoms with Crippen LogP contribution in [0.15, 0.2) is 72.8 Å². The number of non-ortho nitro benzene ring substituents is 1. The van der Waals surface area contributed by atoms with Crippen LogP contribution in [0.2, 0.25) is 0 Å². The summed E-state index contributed by atoms with van der Waals surface area (Å²) >= 11 is 1.53. The van der Waals surface area contributed by atoms with Gasteiger partial charge in [-0.1, -0.05) is 60.2 Å². The highest BCUT2D eigenvalue weighted by Gasteiger charge is 2.19. The van der Waals surface area contributed by atoms with Crippen LogP contribution in [-0.4, -0.2) is 22.9 Å². The van der Waals surface area contributed by atoms with Gasteiger partial charge in [0.1, 0.15) is 10.8 Å². The zero-order valence-corrected chi connectivity index (χ0v) is 18.9. The smallest absolute Gasteiger partial charge is 0.271 e. The molecule has 0 saturated carbocycles. The van der Waals surface area contributed by atoms with E-state index in [2.05, 4.69) is 5.32 Å². The number of amides is 1. The van der Waals surface area contributed by atoms with E-state index in [1.807, 2.05) is 61.5 Å². The molecule has 1 N–H and O–H groups in total. The minimum Gasteiger partial charge on any atom is -0.495 e. The third kappa shape index (κ3) is 5.07. The predicted octanol–water partition coefficient (Wildman–Crippen LogP) is 5.88. The lowest BCUT2D eigenvalue weighted by Crippen LogP contribution is -2.16. The van der Waals surface area contributed by atoms with E-state index in [1.165, 1.54) is 36.6 Å². The van der Waals surface area contributed by atoms with Gasteiger partial charge in [-0.05, 0) is 18.6 Å². The maximum absolute atomic E-state index is 12.9. The number of aryl methyl sites for hydroxylation is 1. The van der Waals surface area contributed by atoms with Gasteiger partial charge in [-0.3, -0.25) is 14.9 Å². The molecular formula is C25H21N3O4S. The first-order chi connectivity index (χ1) is 15.9. The first-order valence-electron chi connectivity index (χ1n) is 10.2. The monoisotopic (exact) mass is 459 g/mol. The van der Waals surface area contributed by atoms with Crippen LogP contribution in [0.4, 0.5) is 11.4 Å². The molecule has 33 heavy (non-hydrogen) atoms. The number of carbonyl (C=O) groups is 1.